The molecule has 0 amide bonds. The second-order valence-corrected chi connectivity index (χ2v) is 8.96. The van der Waals surface area contributed by atoms with E-state index >= 15 is 0 Å². The minimum absolute atomic E-state index is 0.0318. The number of hydrogen-bond donors (Lipinski definition) is 1. The Morgan fingerprint density at radius 3 is 2.67 bits per heavy atom. The average Bonchev–Trinajstić information content (AvgIpc) is 3.26. The van der Waals surface area contributed by atoms with Crippen LogP contribution in [0.4, 0.5) is 14.6 Å². The Balaban J connectivity index is 1.21. The van der Waals surface area contributed by atoms with E-state index in [-0.39, 0.29) is 24.4 Å². The summed E-state index contributed by atoms with van der Waals surface area (Å²) in [6.07, 6.45) is 9.13. The molecule has 8 nitrogen and oxygen atoms in total. The van der Waals surface area contributed by atoms with Gasteiger partial charge in [-0.1, -0.05) is 0 Å². The van der Waals surface area contributed by atoms with Crippen molar-refractivity contribution in [1.82, 2.24) is 29.6 Å². The molecule has 1 unspecified atom stereocenters. The molecule has 5 rings (SSSR count). The van der Waals surface area contributed by atoms with Crippen LogP contribution in [-0.2, 0) is 10.7 Å². The Morgan fingerprint density at radius 1 is 1.09 bits per heavy atom. The predicted octanol–water partition coefficient (Wildman–Crippen LogP) is 3.90. The minimum atomic E-state index is -2.92. The van der Waals surface area contributed by atoms with Gasteiger partial charge in [0.25, 0.3) is 5.92 Å². The zero-order valence-electron chi connectivity index (χ0n) is 18.8. The van der Waals surface area contributed by atoms with Crippen LogP contribution < -0.4 is 5.32 Å². The standard InChI is InChI=1S/C23H29F2N7O/c1-16-5-6-17(12-26-16)23(24,25)14-31-9-7-18(8-10-31)30-21-19-13-29-32(22(19)28-15-27-21)20-4-2-3-11-33-20/h5-6,12-13,15,18,20H,2-4,7-11,14H2,1H3,(H,27,28,30). The Hall–Kier alpha value is -2.72. The van der Waals surface area contributed by atoms with Crippen LogP contribution in [-0.4, -0.2) is 61.9 Å². The highest BCUT2D eigenvalue weighted by Crippen LogP contribution is 2.31. The number of likely N-dealkylation sites (tertiary alicyclic amines) is 1. The van der Waals surface area contributed by atoms with Crippen molar-refractivity contribution in [1.29, 1.82) is 0 Å². The van der Waals surface area contributed by atoms with E-state index in [9.17, 15) is 8.78 Å². The van der Waals surface area contributed by atoms with Gasteiger partial charge in [0.05, 0.1) is 18.1 Å². The number of halogens is 2. The lowest BCUT2D eigenvalue weighted by atomic mass is 10.0. The number of aromatic nitrogens is 5. The molecule has 0 aromatic carbocycles. The van der Waals surface area contributed by atoms with Crippen molar-refractivity contribution in [3.05, 3.63) is 42.1 Å². The highest BCUT2D eigenvalue weighted by atomic mass is 19.3. The van der Waals surface area contributed by atoms with Crippen LogP contribution in [0.15, 0.2) is 30.9 Å². The molecule has 2 aliphatic heterocycles. The van der Waals surface area contributed by atoms with Crippen molar-refractivity contribution in [2.75, 3.05) is 31.6 Å². The van der Waals surface area contributed by atoms with E-state index < -0.39 is 5.92 Å². The van der Waals surface area contributed by atoms with Gasteiger partial charge in [0.1, 0.15) is 12.1 Å². The summed E-state index contributed by atoms with van der Waals surface area (Å²) in [6.45, 7) is 3.42. The maximum Gasteiger partial charge on any atom is 0.287 e. The molecule has 2 fully saturated rings. The topological polar surface area (TPSA) is 81.0 Å². The molecule has 3 aromatic heterocycles. The molecular formula is C23H29F2N7O. The quantitative estimate of drug-likeness (QED) is 0.601. The van der Waals surface area contributed by atoms with Crippen LogP contribution in [0.3, 0.4) is 0 Å². The first kappa shape index (κ1) is 22.1. The van der Waals surface area contributed by atoms with Crippen LogP contribution in [0.5, 0.6) is 0 Å². The van der Waals surface area contributed by atoms with E-state index in [0.717, 1.165) is 61.3 Å². The van der Waals surface area contributed by atoms with Gasteiger partial charge in [-0.05, 0) is 51.2 Å². The predicted molar refractivity (Wildman–Crippen MR) is 120 cm³/mol. The Kier molecular flexibility index (Phi) is 6.20. The number of ether oxygens (including phenoxy) is 1. The van der Waals surface area contributed by atoms with Gasteiger partial charge in [-0.25, -0.2) is 14.6 Å². The molecule has 2 aliphatic rings. The lowest BCUT2D eigenvalue weighted by molar-refractivity contribution is -0.0424. The van der Waals surface area contributed by atoms with Crippen LogP contribution >= 0.6 is 0 Å². The third-order valence-electron chi connectivity index (χ3n) is 6.50. The summed E-state index contributed by atoms with van der Waals surface area (Å²) < 4.78 is 37.1. The molecule has 10 heteroatoms. The molecule has 0 bridgehead atoms. The molecule has 0 radical (unpaired) electrons. The van der Waals surface area contributed by atoms with Crippen molar-refractivity contribution < 1.29 is 13.5 Å². The van der Waals surface area contributed by atoms with E-state index in [1.807, 2.05) is 9.58 Å². The maximum absolute atomic E-state index is 14.7. The van der Waals surface area contributed by atoms with Gasteiger partial charge in [-0.3, -0.25) is 9.88 Å². The normalized spacial score (nSPS) is 20.9. The van der Waals surface area contributed by atoms with Crippen molar-refractivity contribution in [2.45, 2.75) is 57.2 Å². The first-order chi connectivity index (χ1) is 16.0. The number of pyridine rings is 1. The smallest absolute Gasteiger partial charge is 0.287 e. The second-order valence-electron chi connectivity index (χ2n) is 8.96. The molecule has 33 heavy (non-hydrogen) atoms. The van der Waals surface area contributed by atoms with Crippen LogP contribution in [0.1, 0.15) is 49.6 Å². The molecule has 176 valence electrons. The zero-order valence-corrected chi connectivity index (χ0v) is 18.8. The molecule has 3 aromatic rings. The van der Waals surface area contributed by atoms with Crippen LogP contribution in [0, 0.1) is 6.92 Å². The number of nitrogens with one attached hydrogen (secondary N) is 1. The number of alkyl halides is 2. The number of piperidine rings is 1. The van der Waals surface area contributed by atoms with Crippen molar-refractivity contribution in [3.63, 3.8) is 0 Å². The van der Waals surface area contributed by atoms with Crippen molar-refractivity contribution >= 4 is 16.9 Å². The van der Waals surface area contributed by atoms with Gasteiger partial charge in [0, 0.05) is 43.2 Å². The molecule has 5 heterocycles. The Bertz CT molecular complexity index is 1070. The number of anilines is 1. The molecule has 0 spiro atoms. The first-order valence-corrected chi connectivity index (χ1v) is 11.6. The fourth-order valence-electron chi connectivity index (χ4n) is 4.59. The lowest BCUT2D eigenvalue weighted by Gasteiger charge is -2.34. The molecule has 0 aliphatic carbocycles. The van der Waals surface area contributed by atoms with Gasteiger partial charge in [-0.2, -0.15) is 13.9 Å². The molecule has 0 saturated carbocycles. The van der Waals surface area contributed by atoms with Gasteiger partial charge < -0.3 is 10.1 Å². The summed E-state index contributed by atoms with van der Waals surface area (Å²) in [6, 6.07) is 3.25. The van der Waals surface area contributed by atoms with E-state index in [1.165, 1.54) is 18.6 Å². The summed E-state index contributed by atoms with van der Waals surface area (Å²) in [5.74, 6) is -2.19. The first-order valence-electron chi connectivity index (χ1n) is 11.6. The Labute approximate surface area is 191 Å². The van der Waals surface area contributed by atoms with Crippen LogP contribution in [0.2, 0.25) is 0 Å². The molecule has 2 saturated heterocycles. The monoisotopic (exact) mass is 457 g/mol. The van der Waals surface area contributed by atoms with Crippen LogP contribution in [0.25, 0.3) is 11.0 Å². The summed E-state index contributed by atoms with van der Waals surface area (Å²) >= 11 is 0. The average molecular weight is 458 g/mol. The third kappa shape index (κ3) is 4.81. The van der Waals surface area contributed by atoms with E-state index in [1.54, 1.807) is 19.2 Å². The SMILES string of the molecule is Cc1ccc(C(F)(F)CN2CCC(Nc3ncnc4c3cnn4C3CCCCO3)CC2)cn1. The number of hydrogen-bond acceptors (Lipinski definition) is 7. The van der Waals surface area contributed by atoms with Gasteiger partial charge in [0.2, 0.25) is 0 Å². The fourth-order valence-corrected chi connectivity index (χ4v) is 4.59. The van der Waals surface area contributed by atoms with Gasteiger partial charge >= 0.3 is 0 Å². The minimum Gasteiger partial charge on any atom is -0.367 e. The largest absolute Gasteiger partial charge is 0.367 e. The summed E-state index contributed by atoms with van der Waals surface area (Å²) in [4.78, 5) is 14.7. The number of fused-ring (bicyclic) bond motifs is 1. The van der Waals surface area contributed by atoms with Crippen molar-refractivity contribution in [2.24, 2.45) is 0 Å². The Morgan fingerprint density at radius 2 is 1.94 bits per heavy atom. The van der Waals surface area contributed by atoms with Gasteiger partial charge in [0.15, 0.2) is 11.9 Å². The number of nitrogens with zero attached hydrogens (tertiary/aromatic N) is 6. The summed E-state index contributed by atoms with van der Waals surface area (Å²) in [5.41, 5.74) is 1.45. The molecule has 1 N–H and O–H groups in total. The fraction of sp³-hybridized carbons (Fsp3) is 0.565. The highest BCUT2D eigenvalue weighted by Gasteiger charge is 2.35. The van der Waals surface area contributed by atoms with E-state index in [4.69, 9.17) is 4.74 Å². The van der Waals surface area contributed by atoms with Crippen molar-refractivity contribution in [3.8, 4) is 0 Å². The highest BCUT2D eigenvalue weighted by molar-refractivity contribution is 5.86. The number of rotatable bonds is 6. The molecular weight excluding hydrogens is 428 g/mol. The molecule has 1 atom stereocenters. The number of aryl methyl sites for hydroxylation is 1. The van der Waals surface area contributed by atoms with E-state index in [0.29, 0.717) is 13.1 Å². The summed E-state index contributed by atoms with van der Waals surface area (Å²) in [7, 11) is 0. The van der Waals surface area contributed by atoms with Gasteiger partial charge in [-0.15, -0.1) is 0 Å². The maximum atomic E-state index is 14.7. The summed E-state index contributed by atoms with van der Waals surface area (Å²) in [5, 5.41) is 8.86. The lowest BCUT2D eigenvalue weighted by Crippen LogP contribution is -2.43. The second kappa shape index (κ2) is 9.26. The third-order valence-corrected chi connectivity index (χ3v) is 6.50. The van der Waals surface area contributed by atoms with E-state index in [2.05, 4.69) is 25.4 Å². The zero-order chi connectivity index (χ0) is 22.8.